The molecule has 0 bridgehead atoms. The maximum Gasteiger partial charge on any atom is 0.275 e. The largest absolute Gasteiger partial charge is 0.489 e. The Bertz CT molecular complexity index is 804. The van der Waals surface area contributed by atoms with E-state index >= 15 is 0 Å². The van der Waals surface area contributed by atoms with E-state index in [9.17, 15) is 4.79 Å². The van der Waals surface area contributed by atoms with Crippen molar-refractivity contribution >= 4 is 23.2 Å². The molecule has 0 aliphatic rings. The molecule has 4 nitrogen and oxygen atoms in total. The summed E-state index contributed by atoms with van der Waals surface area (Å²) in [6.07, 6.45) is 2.18. The van der Waals surface area contributed by atoms with Crippen LogP contribution >= 0.6 is 23.2 Å². The Hall–Kier alpha value is -1.65. The van der Waals surface area contributed by atoms with Crippen LogP contribution in [0.4, 0.5) is 0 Å². The molecule has 0 saturated carbocycles. The highest BCUT2D eigenvalue weighted by atomic mass is 35.5. The van der Waals surface area contributed by atoms with Gasteiger partial charge in [0.05, 0.1) is 21.8 Å². The molecule has 23 heavy (non-hydrogen) atoms. The Morgan fingerprint density at radius 2 is 1.96 bits per heavy atom. The van der Waals surface area contributed by atoms with Crippen LogP contribution in [0.25, 0.3) is 5.69 Å². The normalized spacial score (nSPS) is 11.1. The van der Waals surface area contributed by atoms with E-state index in [2.05, 4.69) is 6.58 Å². The summed E-state index contributed by atoms with van der Waals surface area (Å²) in [6.45, 7) is 9.42. The van der Waals surface area contributed by atoms with Crippen molar-refractivity contribution < 1.29 is 4.74 Å². The fourth-order valence-electron chi connectivity index (χ4n) is 2.44. The lowest BCUT2D eigenvalue weighted by Gasteiger charge is -2.15. The molecule has 0 N–H and O–H groups in total. The second kappa shape index (κ2) is 6.85. The molecule has 0 atom stereocenters. The van der Waals surface area contributed by atoms with Crippen LogP contribution < -0.4 is 10.3 Å². The van der Waals surface area contributed by atoms with E-state index in [1.807, 2.05) is 27.8 Å². The number of ether oxygens (including phenoxy) is 1. The van der Waals surface area contributed by atoms with E-state index in [0.29, 0.717) is 33.5 Å². The van der Waals surface area contributed by atoms with Crippen LogP contribution in [0.5, 0.6) is 5.75 Å². The van der Waals surface area contributed by atoms with Gasteiger partial charge in [0.15, 0.2) is 0 Å². The van der Waals surface area contributed by atoms with Crippen LogP contribution in [-0.4, -0.2) is 15.5 Å². The Morgan fingerprint density at radius 3 is 2.52 bits per heavy atom. The second-order valence-corrected chi connectivity index (χ2v) is 6.41. The number of halogens is 2. The fourth-order valence-corrected chi connectivity index (χ4v) is 2.95. The van der Waals surface area contributed by atoms with Gasteiger partial charge in [-0.1, -0.05) is 29.3 Å². The van der Waals surface area contributed by atoms with Gasteiger partial charge < -0.3 is 4.74 Å². The predicted molar refractivity (Wildman–Crippen MR) is 95.4 cm³/mol. The van der Waals surface area contributed by atoms with E-state index in [1.54, 1.807) is 22.9 Å². The zero-order valence-electron chi connectivity index (χ0n) is 13.7. The smallest absolute Gasteiger partial charge is 0.275 e. The molecule has 2 rings (SSSR count). The maximum absolute atomic E-state index is 12.7. The number of aromatic nitrogens is 2. The highest BCUT2D eigenvalue weighted by Crippen LogP contribution is 2.33. The molecule has 0 amide bonds. The zero-order valence-corrected chi connectivity index (χ0v) is 15.2. The minimum absolute atomic E-state index is 0.0373. The van der Waals surface area contributed by atoms with E-state index in [1.165, 1.54) is 4.68 Å². The molecule has 6 heteroatoms. The first-order chi connectivity index (χ1) is 10.8. The van der Waals surface area contributed by atoms with Crippen molar-refractivity contribution in [1.82, 2.24) is 9.36 Å². The van der Waals surface area contributed by atoms with Gasteiger partial charge in [0.1, 0.15) is 5.75 Å². The third-order valence-corrected chi connectivity index (χ3v) is 4.21. The number of hydrogen-bond donors (Lipinski definition) is 0. The van der Waals surface area contributed by atoms with Gasteiger partial charge in [0.2, 0.25) is 0 Å². The number of hydrogen-bond acceptors (Lipinski definition) is 2. The highest BCUT2D eigenvalue weighted by molar-refractivity contribution is 6.36. The molecular formula is C17H20Cl2N2O2. The minimum atomic E-state index is -0.121. The number of benzene rings is 1. The van der Waals surface area contributed by atoms with Gasteiger partial charge in [-0.3, -0.25) is 9.48 Å². The molecule has 0 fully saturated rings. The lowest BCUT2D eigenvalue weighted by atomic mass is 10.2. The van der Waals surface area contributed by atoms with E-state index in [4.69, 9.17) is 27.9 Å². The van der Waals surface area contributed by atoms with Crippen molar-refractivity contribution in [2.24, 2.45) is 7.05 Å². The maximum atomic E-state index is 12.7. The van der Waals surface area contributed by atoms with Crippen molar-refractivity contribution in [2.45, 2.75) is 33.3 Å². The molecule has 0 unspecified atom stereocenters. The molecule has 0 aliphatic carbocycles. The summed E-state index contributed by atoms with van der Waals surface area (Å²) in [4.78, 5) is 12.7. The Labute approximate surface area is 145 Å². The van der Waals surface area contributed by atoms with Crippen molar-refractivity contribution in [1.29, 1.82) is 0 Å². The topological polar surface area (TPSA) is 36.2 Å². The number of allylic oxidation sites excluding steroid dienone is 1. The fraction of sp³-hybridized carbons (Fsp3) is 0.353. The first-order valence-corrected chi connectivity index (χ1v) is 8.08. The van der Waals surface area contributed by atoms with Crippen molar-refractivity contribution in [3.05, 3.63) is 56.4 Å². The first kappa shape index (κ1) is 17.7. The van der Waals surface area contributed by atoms with Gasteiger partial charge in [-0.2, -0.15) is 0 Å². The van der Waals surface area contributed by atoms with Gasteiger partial charge >= 0.3 is 0 Å². The van der Waals surface area contributed by atoms with E-state index in [0.717, 1.165) is 5.69 Å². The molecule has 2 aromatic rings. The van der Waals surface area contributed by atoms with Crippen LogP contribution in [0.2, 0.25) is 10.0 Å². The van der Waals surface area contributed by atoms with Crippen LogP contribution in [0.3, 0.4) is 0 Å². The first-order valence-electron chi connectivity index (χ1n) is 7.32. The Morgan fingerprint density at radius 1 is 1.30 bits per heavy atom. The van der Waals surface area contributed by atoms with Crippen LogP contribution in [0.15, 0.2) is 29.6 Å². The number of rotatable bonds is 5. The van der Waals surface area contributed by atoms with E-state index in [-0.39, 0.29) is 11.7 Å². The Balaban J connectivity index is 2.70. The van der Waals surface area contributed by atoms with Crippen LogP contribution in [0.1, 0.15) is 25.1 Å². The molecule has 1 aromatic heterocycles. The lowest BCUT2D eigenvalue weighted by Crippen LogP contribution is -2.21. The molecule has 0 saturated heterocycles. The molecule has 0 radical (unpaired) electrons. The summed E-state index contributed by atoms with van der Waals surface area (Å²) >= 11 is 12.5. The van der Waals surface area contributed by atoms with Gasteiger partial charge in [-0.25, -0.2) is 4.68 Å². The lowest BCUT2D eigenvalue weighted by molar-refractivity contribution is 0.242. The monoisotopic (exact) mass is 354 g/mol. The summed E-state index contributed by atoms with van der Waals surface area (Å²) in [5.74, 6) is 0.497. The van der Waals surface area contributed by atoms with Crippen molar-refractivity contribution in [3.8, 4) is 11.4 Å². The SMILES string of the molecule is C=CCc1c(C)n(C)n(-c2cc(OC(C)C)c(Cl)cc2Cl)c1=O. The summed E-state index contributed by atoms with van der Waals surface area (Å²) in [5, 5.41) is 0.803. The molecule has 1 heterocycles. The average Bonchev–Trinajstić information content (AvgIpc) is 2.66. The Kier molecular flexibility index (Phi) is 5.27. The quantitative estimate of drug-likeness (QED) is 0.750. The zero-order chi connectivity index (χ0) is 17.3. The minimum Gasteiger partial charge on any atom is -0.489 e. The summed E-state index contributed by atoms with van der Waals surface area (Å²) in [6, 6.07) is 3.29. The van der Waals surface area contributed by atoms with Gasteiger partial charge in [0.25, 0.3) is 5.56 Å². The predicted octanol–water partition coefficient (Wildman–Crippen LogP) is 4.31. The molecule has 124 valence electrons. The molecular weight excluding hydrogens is 335 g/mol. The van der Waals surface area contributed by atoms with Gasteiger partial charge in [-0.05, 0) is 33.3 Å². The van der Waals surface area contributed by atoms with E-state index < -0.39 is 0 Å². The van der Waals surface area contributed by atoms with Gasteiger partial charge in [-0.15, -0.1) is 6.58 Å². The number of nitrogens with zero attached hydrogens (tertiary/aromatic N) is 2. The highest BCUT2D eigenvalue weighted by Gasteiger charge is 2.19. The summed E-state index contributed by atoms with van der Waals surface area (Å²) < 4.78 is 9.00. The van der Waals surface area contributed by atoms with Gasteiger partial charge in [0, 0.05) is 24.4 Å². The molecule has 0 spiro atoms. The molecule has 0 aliphatic heterocycles. The summed E-state index contributed by atoms with van der Waals surface area (Å²) in [5.41, 5.74) is 1.98. The van der Waals surface area contributed by atoms with Crippen LogP contribution in [-0.2, 0) is 13.5 Å². The average molecular weight is 355 g/mol. The molecule has 1 aromatic carbocycles. The second-order valence-electron chi connectivity index (χ2n) is 5.60. The summed E-state index contributed by atoms with van der Waals surface area (Å²) in [7, 11) is 1.82. The third kappa shape index (κ3) is 3.33. The third-order valence-electron chi connectivity index (χ3n) is 3.61. The van der Waals surface area contributed by atoms with Crippen LogP contribution in [0, 0.1) is 6.92 Å². The van der Waals surface area contributed by atoms with Crippen molar-refractivity contribution in [3.63, 3.8) is 0 Å². The standard InChI is InChI=1S/C17H20Cl2N2O2/c1-6-7-12-11(4)20(5)21(17(12)22)15-9-16(23-10(2)3)14(19)8-13(15)18/h6,8-10H,1,7H2,2-5H3. The van der Waals surface area contributed by atoms with Crippen molar-refractivity contribution in [2.75, 3.05) is 0 Å².